The Morgan fingerprint density at radius 2 is 2.24 bits per heavy atom. The zero-order valence-corrected chi connectivity index (χ0v) is 12.8. The van der Waals surface area contributed by atoms with Crippen molar-refractivity contribution in [3.8, 4) is 0 Å². The standard InChI is InChI=1S/C17H23NO3/c1-13-6-3-4-7-15(13)16(19)18-9-5-8-17(12-18)10-14(20-2)11-21-17/h3-4,6-7,14H,5,8-12H2,1-2H3/t14-,17+/m0/s1. The normalized spacial score (nSPS) is 29.0. The lowest BCUT2D eigenvalue weighted by molar-refractivity contribution is -0.0458. The first-order chi connectivity index (χ1) is 10.1. The van der Waals surface area contributed by atoms with Gasteiger partial charge in [0.15, 0.2) is 0 Å². The molecule has 1 aromatic carbocycles. The molecule has 3 rings (SSSR count). The van der Waals surface area contributed by atoms with Gasteiger partial charge in [0.25, 0.3) is 5.91 Å². The first-order valence-electron chi connectivity index (χ1n) is 7.65. The highest BCUT2D eigenvalue weighted by Crippen LogP contribution is 2.36. The minimum atomic E-state index is -0.197. The van der Waals surface area contributed by atoms with Gasteiger partial charge in [0.05, 0.1) is 24.9 Å². The van der Waals surface area contributed by atoms with E-state index in [2.05, 4.69) is 0 Å². The van der Waals surface area contributed by atoms with E-state index in [1.54, 1.807) is 7.11 Å². The second kappa shape index (κ2) is 5.78. The molecule has 21 heavy (non-hydrogen) atoms. The van der Waals surface area contributed by atoms with Gasteiger partial charge in [0.1, 0.15) is 0 Å². The van der Waals surface area contributed by atoms with E-state index < -0.39 is 0 Å². The molecule has 4 nitrogen and oxygen atoms in total. The molecule has 1 aromatic rings. The number of nitrogens with zero attached hydrogens (tertiary/aromatic N) is 1. The van der Waals surface area contributed by atoms with Crippen LogP contribution in [0, 0.1) is 6.92 Å². The van der Waals surface area contributed by atoms with Crippen molar-refractivity contribution < 1.29 is 14.3 Å². The van der Waals surface area contributed by atoms with Crippen molar-refractivity contribution in [3.05, 3.63) is 35.4 Å². The Morgan fingerprint density at radius 3 is 2.95 bits per heavy atom. The van der Waals surface area contributed by atoms with E-state index in [9.17, 15) is 4.79 Å². The molecule has 2 saturated heterocycles. The van der Waals surface area contributed by atoms with Crippen LogP contribution in [0.25, 0.3) is 0 Å². The molecule has 2 aliphatic rings. The summed E-state index contributed by atoms with van der Waals surface area (Å²) in [6.07, 6.45) is 3.07. The molecule has 2 heterocycles. The number of aryl methyl sites for hydroxylation is 1. The van der Waals surface area contributed by atoms with Crippen molar-refractivity contribution in [2.45, 2.75) is 37.9 Å². The van der Waals surface area contributed by atoms with Crippen molar-refractivity contribution in [3.63, 3.8) is 0 Å². The minimum absolute atomic E-state index is 0.122. The van der Waals surface area contributed by atoms with E-state index in [4.69, 9.17) is 9.47 Å². The van der Waals surface area contributed by atoms with Gasteiger partial charge in [-0.25, -0.2) is 0 Å². The van der Waals surface area contributed by atoms with Crippen molar-refractivity contribution in [2.24, 2.45) is 0 Å². The number of carbonyl (C=O) groups is 1. The van der Waals surface area contributed by atoms with Gasteiger partial charge < -0.3 is 14.4 Å². The summed E-state index contributed by atoms with van der Waals surface area (Å²) in [6.45, 7) is 4.12. The molecule has 2 atom stereocenters. The quantitative estimate of drug-likeness (QED) is 0.839. The van der Waals surface area contributed by atoms with Gasteiger partial charge in [-0.05, 0) is 31.4 Å². The number of hydrogen-bond donors (Lipinski definition) is 0. The SMILES string of the molecule is CO[C@@H]1CO[C@]2(CCCN(C(=O)c3ccccc3C)C2)C1. The average molecular weight is 289 g/mol. The lowest BCUT2D eigenvalue weighted by atomic mass is 9.89. The monoisotopic (exact) mass is 289 g/mol. The molecule has 0 bridgehead atoms. The van der Waals surface area contributed by atoms with E-state index >= 15 is 0 Å². The topological polar surface area (TPSA) is 38.8 Å². The Morgan fingerprint density at radius 1 is 1.43 bits per heavy atom. The molecule has 4 heteroatoms. The van der Waals surface area contributed by atoms with Crippen LogP contribution in [0.15, 0.2) is 24.3 Å². The molecule has 0 unspecified atom stereocenters. The summed E-state index contributed by atoms with van der Waals surface area (Å²) >= 11 is 0. The number of ether oxygens (including phenoxy) is 2. The van der Waals surface area contributed by atoms with E-state index in [-0.39, 0.29) is 17.6 Å². The lowest BCUT2D eigenvalue weighted by Gasteiger charge is -2.39. The summed E-state index contributed by atoms with van der Waals surface area (Å²) in [6, 6.07) is 7.78. The zero-order chi connectivity index (χ0) is 14.9. The molecule has 1 amide bonds. The van der Waals surface area contributed by atoms with Crippen LogP contribution in [-0.2, 0) is 9.47 Å². The Hall–Kier alpha value is -1.39. The van der Waals surface area contributed by atoms with Crippen molar-refractivity contribution in [1.82, 2.24) is 4.90 Å². The number of likely N-dealkylation sites (tertiary alicyclic amines) is 1. The van der Waals surface area contributed by atoms with Crippen molar-refractivity contribution >= 4 is 5.91 Å². The minimum Gasteiger partial charge on any atom is -0.379 e. The smallest absolute Gasteiger partial charge is 0.254 e. The maximum atomic E-state index is 12.8. The van der Waals surface area contributed by atoms with Gasteiger partial charge in [0.2, 0.25) is 0 Å². The molecule has 2 aliphatic heterocycles. The summed E-state index contributed by atoms with van der Waals surface area (Å²) in [5, 5.41) is 0. The highest BCUT2D eigenvalue weighted by Gasteiger charge is 2.44. The molecular weight excluding hydrogens is 266 g/mol. The molecular formula is C17H23NO3. The third-order valence-corrected chi connectivity index (χ3v) is 4.71. The Kier molecular flexibility index (Phi) is 4.00. The van der Waals surface area contributed by atoms with Crippen LogP contribution in [0.1, 0.15) is 35.2 Å². The molecule has 0 saturated carbocycles. The predicted molar refractivity (Wildman–Crippen MR) is 80.4 cm³/mol. The highest BCUT2D eigenvalue weighted by molar-refractivity contribution is 5.95. The number of hydrogen-bond acceptors (Lipinski definition) is 3. The predicted octanol–water partition coefficient (Wildman–Crippen LogP) is 2.41. The molecule has 0 aliphatic carbocycles. The molecule has 1 spiro atoms. The highest BCUT2D eigenvalue weighted by atomic mass is 16.6. The largest absolute Gasteiger partial charge is 0.379 e. The maximum Gasteiger partial charge on any atom is 0.254 e. The maximum absolute atomic E-state index is 12.8. The summed E-state index contributed by atoms with van der Waals surface area (Å²) in [4.78, 5) is 14.7. The van der Waals surface area contributed by atoms with Crippen LogP contribution in [0.2, 0.25) is 0 Å². The summed E-state index contributed by atoms with van der Waals surface area (Å²) in [5.74, 6) is 0.122. The van der Waals surface area contributed by atoms with Gasteiger partial charge in [-0.3, -0.25) is 4.79 Å². The van der Waals surface area contributed by atoms with Gasteiger partial charge in [-0.1, -0.05) is 18.2 Å². The van der Waals surface area contributed by atoms with Crippen molar-refractivity contribution in [1.29, 1.82) is 0 Å². The fraction of sp³-hybridized carbons (Fsp3) is 0.588. The summed E-state index contributed by atoms with van der Waals surface area (Å²) in [7, 11) is 1.73. The van der Waals surface area contributed by atoms with Crippen LogP contribution in [0.4, 0.5) is 0 Å². The number of methoxy groups -OCH3 is 1. The number of carbonyl (C=O) groups excluding carboxylic acids is 1. The average Bonchev–Trinajstić information content (AvgIpc) is 2.90. The van der Waals surface area contributed by atoms with E-state index in [1.165, 1.54) is 0 Å². The number of piperidine rings is 1. The Bertz CT molecular complexity index is 531. The lowest BCUT2D eigenvalue weighted by Crippen LogP contribution is -2.50. The van der Waals surface area contributed by atoms with Crippen LogP contribution in [0.3, 0.4) is 0 Å². The fourth-order valence-electron chi connectivity index (χ4n) is 3.49. The zero-order valence-electron chi connectivity index (χ0n) is 12.8. The van der Waals surface area contributed by atoms with Gasteiger partial charge >= 0.3 is 0 Å². The summed E-state index contributed by atoms with van der Waals surface area (Å²) in [5.41, 5.74) is 1.64. The first kappa shape index (κ1) is 14.5. The fourth-order valence-corrected chi connectivity index (χ4v) is 3.49. The van der Waals surface area contributed by atoms with E-state index in [0.29, 0.717) is 13.2 Å². The Labute approximate surface area is 126 Å². The number of amides is 1. The molecule has 0 radical (unpaired) electrons. The van der Waals surface area contributed by atoms with E-state index in [1.807, 2.05) is 36.1 Å². The van der Waals surface area contributed by atoms with Crippen LogP contribution in [-0.4, -0.2) is 49.3 Å². The third-order valence-electron chi connectivity index (χ3n) is 4.71. The molecule has 114 valence electrons. The molecule has 2 fully saturated rings. The van der Waals surface area contributed by atoms with E-state index in [0.717, 1.165) is 36.9 Å². The van der Waals surface area contributed by atoms with Crippen molar-refractivity contribution in [2.75, 3.05) is 26.8 Å². The van der Waals surface area contributed by atoms with Gasteiger partial charge in [-0.2, -0.15) is 0 Å². The van der Waals surface area contributed by atoms with Gasteiger partial charge in [0, 0.05) is 25.6 Å². The third kappa shape index (κ3) is 2.83. The number of benzene rings is 1. The van der Waals surface area contributed by atoms with Crippen LogP contribution < -0.4 is 0 Å². The summed E-state index contributed by atoms with van der Waals surface area (Å²) < 4.78 is 11.4. The second-order valence-electron chi connectivity index (χ2n) is 6.20. The van der Waals surface area contributed by atoms with Crippen LogP contribution >= 0.6 is 0 Å². The molecule has 0 aromatic heterocycles. The second-order valence-corrected chi connectivity index (χ2v) is 6.20. The van der Waals surface area contributed by atoms with Crippen LogP contribution in [0.5, 0.6) is 0 Å². The Balaban J connectivity index is 1.75. The molecule has 0 N–H and O–H groups in total. The number of rotatable bonds is 2. The van der Waals surface area contributed by atoms with Gasteiger partial charge in [-0.15, -0.1) is 0 Å². The first-order valence-corrected chi connectivity index (χ1v) is 7.65.